The number of Topliss-reactive ketones (excluding diaryl/α,β-unsaturated/α-hetero) is 1. The molecule has 0 atom stereocenters. The lowest BCUT2D eigenvalue weighted by Crippen LogP contribution is -2.24. The number of rotatable bonds is 7. The van der Waals surface area contributed by atoms with Crippen molar-refractivity contribution in [2.24, 2.45) is 4.99 Å². The fourth-order valence-corrected chi connectivity index (χ4v) is 2.97. The molecule has 1 heterocycles. The Morgan fingerprint density at radius 3 is 2.50 bits per heavy atom. The minimum Gasteiger partial charge on any atom is -0.456 e. The maximum absolute atomic E-state index is 12.8. The molecule has 0 aliphatic heterocycles. The van der Waals surface area contributed by atoms with Gasteiger partial charge in [0, 0.05) is 24.5 Å². The first kappa shape index (κ1) is 21.2. The first-order chi connectivity index (χ1) is 14.3. The molecule has 0 bridgehead atoms. The number of ketones is 1. The fraction of sp³-hybridized carbons (Fsp3) is 0.250. The zero-order chi connectivity index (χ0) is 21.6. The van der Waals surface area contributed by atoms with Crippen LogP contribution >= 0.6 is 0 Å². The van der Waals surface area contributed by atoms with Gasteiger partial charge in [-0.25, -0.2) is 14.8 Å². The number of ether oxygens (including phenoxy) is 1. The minimum absolute atomic E-state index is 0.0604. The number of carbonyl (C=O) groups is 2. The molecule has 6 nitrogen and oxygen atoms in total. The molecule has 154 valence electrons. The summed E-state index contributed by atoms with van der Waals surface area (Å²) in [6.45, 7) is 5.41. The van der Waals surface area contributed by atoms with Gasteiger partial charge in [-0.2, -0.15) is 0 Å². The molecule has 0 spiro atoms. The molecule has 0 unspecified atom stereocenters. The van der Waals surface area contributed by atoms with Crippen LogP contribution in [0.5, 0.6) is 0 Å². The molecule has 0 amide bonds. The summed E-state index contributed by atoms with van der Waals surface area (Å²) in [4.78, 5) is 33.2. The van der Waals surface area contributed by atoms with Gasteiger partial charge in [-0.1, -0.05) is 36.4 Å². The third-order valence-corrected chi connectivity index (χ3v) is 4.25. The van der Waals surface area contributed by atoms with Crippen molar-refractivity contribution in [3.8, 4) is 5.69 Å². The number of aliphatic imine (C=N–C) groups is 1. The van der Waals surface area contributed by atoms with Crippen LogP contribution in [0.1, 0.15) is 43.4 Å². The predicted molar refractivity (Wildman–Crippen MR) is 117 cm³/mol. The number of carbonyl (C=O) groups excluding carboxylic acids is 2. The van der Waals surface area contributed by atoms with Gasteiger partial charge in [0.25, 0.3) is 0 Å². The normalized spacial score (nSPS) is 11.6. The summed E-state index contributed by atoms with van der Waals surface area (Å²) < 4.78 is 7.03. The van der Waals surface area contributed by atoms with Crippen molar-refractivity contribution in [1.82, 2.24) is 9.55 Å². The van der Waals surface area contributed by atoms with Gasteiger partial charge in [0.2, 0.25) is 0 Å². The number of aryl methyl sites for hydroxylation is 1. The van der Waals surface area contributed by atoms with Crippen LogP contribution in [0.25, 0.3) is 5.69 Å². The highest BCUT2D eigenvalue weighted by molar-refractivity contribution is 6.23. The lowest BCUT2D eigenvalue weighted by Gasteiger charge is -2.17. The molecule has 30 heavy (non-hydrogen) atoms. The van der Waals surface area contributed by atoms with Crippen molar-refractivity contribution in [3.05, 3.63) is 78.4 Å². The van der Waals surface area contributed by atoms with Crippen molar-refractivity contribution in [3.63, 3.8) is 0 Å². The number of hydrogen-bond acceptors (Lipinski definition) is 5. The van der Waals surface area contributed by atoms with E-state index >= 15 is 0 Å². The van der Waals surface area contributed by atoms with Crippen molar-refractivity contribution in [1.29, 1.82) is 0 Å². The molecular weight excluding hydrogens is 378 g/mol. The summed E-state index contributed by atoms with van der Waals surface area (Å²) in [7, 11) is 0. The molecule has 2 aromatic carbocycles. The number of esters is 1. The van der Waals surface area contributed by atoms with Crippen LogP contribution in [-0.2, 0) is 16.0 Å². The largest absolute Gasteiger partial charge is 0.456 e. The zero-order valence-electron chi connectivity index (χ0n) is 17.4. The smallest absolute Gasteiger partial charge is 0.349 e. The highest BCUT2D eigenvalue weighted by Gasteiger charge is 2.16. The summed E-state index contributed by atoms with van der Waals surface area (Å²) in [5.41, 5.74) is 1.84. The molecule has 3 rings (SSSR count). The van der Waals surface area contributed by atoms with Gasteiger partial charge in [-0.15, -0.1) is 0 Å². The molecule has 3 aromatic rings. The molecule has 0 aliphatic rings. The predicted octanol–water partition coefficient (Wildman–Crippen LogP) is 4.73. The summed E-state index contributed by atoms with van der Waals surface area (Å²) in [6, 6.07) is 17.1. The highest BCUT2D eigenvalue weighted by atomic mass is 16.6. The quantitative estimate of drug-likeness (QED) is 0.325. The highest BCUT2D eigenvalue weighted by Crippen LogP contribution is 2.21. The van der Waals surface area contributed by atoms with Gasteiger partial charge in [-0.3, -0.25) is 9.36 Å². The van der Waals surface area contributed by atoms with Crippen LogP contribution in [0.2, 0.25) is 0 Å². The Bertz CT molecular complexity index is 1050. The van der Waals surface area contributed by atoms with Gasteiger partial charge < -0.3 is 4.74 Å². The second kappa shape index (κ2) is 9.31. The van der Waals surface area contributed by atoms with Crippen molar-refractivity contribution in [2.45, 2.75) is 39.2 Å². The van der Waals surface area contributed by atoms with E-state index in [1.165, 1.54) is 6.21 Å². The number of nitrogens with zero attached hydrogens (tertiary/aromatic N) is 3. The number of para-hydroxylation sites is 2. The lowest BCUT2D eigenvalue weighted by atomic mass is 10.1. The summed E-state index contributed by atoms with van der Waals surface area (Å²) in [5.74, 6) is -0.163. The first-order valence-corrected chi connectivity index (χ1v) is 9.80. The Kier molecular flexibility index (Phi) is 6.57. The van der Waals surface area contributed by atoms with Gasteiger partial charge >= 0.3 is 5.97 Å². The van der Waals surface area contributed by atoms with Crippen LogP contribution in [0.3, 0.4) is 0 Å². The number of imidazole rings is 1. The first-order valence-electron chi connectivity index (χ1n) is 9.80. The second-order valence-electron chi connectivity index (χ2n) is 7.80. The second-order valence-corrected chi connectivity index (χ2v) is 7.80. The topological polar surface area (TPSA) is 73.6 Å². The van der Waals surface area contributed by atoms with E-state index in [4.69, 9.17) is 4.74 Å². The van der Waals surface area contributed by atoms with E-state index in [1.807, 2.05) is 54.6 Å². The Morgan fingerprint density at radius 2 is 1.77 bits per heavy atom. The van der Waals surface area contributed by atoms with E-state index in [-0.39, 0.29) is 12.2 Å². The Hall–Kier alpha value is -3.54. The molecular formula is C24H25N3O3. The number of aromatic nitrogens is 2. The maximum Gasteiger partial charge on any atom is 0.349 e. The monoisotopic (exact) mass is 403 g/mol. The van der Waals surface area contributed by atoms with Crippen molar-refractivity contribution < 1.29 is 14.3 Å². The Labute approximate surface area is 176 Å². The minimum atomic E-state index is -0.574. The molecule has 0 aliphatic carbocycles. The summed E-state index contributed by atoms with van der Waals surface area (Å²) in [6.07, 6.45) is 5.35. The van der Waals surface area contributed by atoms with E-state index in [0.717, 1.165) is 11.3 Å². The molecule has 0 saturated carbocycles. The molecule has 1 aromatic heterocycles. The van der Waals surface area contributed by atoms with Gasteiger partial charge in [0.1, 0.15) is 11.8 Å². The van der Waals surface area contributed by atoms with Crippen molar-refractivity contribution >= 4 is 23.7 Å². The average Bonchev–Trinajstić information content (AvgIpc) is 3.20. The van der Waals surface area contributed by atoms with Gasteiger partial charge in [-0.05, 0) is 51.0 Å². The van der Waals surface area contributed by atoms with Crippen LogP contribution in [0.4, 0.5) is 5.69 Å². The lowest BCUT2D eigenvalue weighted by molar-refractivity contribution is -0.145. The summed E-state index contributed by atoms with van der Waals surface area (Å²) in [5, 5.41) is 0. The van der Waals surface area contributed by atoms with E-state index in [2.05, 4.69) is 9.98 Å². The number of benzene rings is 2. The van der Waals surface area contributed by atoms with Gasteiger partial charge in [0.15, 0.2) is 11.6 Å². The van der Waals surface area contributed by atoms with Crippen LogP contribution in [-0.4, -0.2) is 33.1 Å². The fourth-order valence-electron chi connectivity index (χ4n) is 2.97. The van der Waals surface area contributed by atoms with Crippen LogP contribution < -0.4 is 0 Å². The Balaban J connectivity index is 1.70. The third-order valence-electron chi connectivity index (χ3n) is 4.25. The molecule has 0 fully saturated rings. The summed E-state index contributed by atoms with van der Waals surface area (Å²) >= 11 is 0. The van der Waals surface area contributed by atoms with E-state index in [9.17, 15) is 9.59 Å². The Morgan fingerprint density at radius 1 is 1.07 bits per heavy atom. The standard InChI is InChI=1S/C24H25N3O3/c1-24(2,3)30-22(29)17-26-20-12-8-7-9-18(20)13-14-21(28)23-25-15-16-27(23)19-10-5-4-6-11-19/h4-12,15-17H,13-14H2,1-3H3. The maximum atomic E-state index is 12.8. The van der Waals surface area contributed by atoms with Crippen LogP contribution in [0, 0.1) is 0 Å². The van der Waals surface area contributed by atoms with E-state index in [0.29, 0.717) is 17.9 Å². The average molecular weight is 403 g/mol. The zero-order valence-corrected chi connectivity index (χ0v) is 17.4. The molecule has 6 heteroatoms. The van der Waals surface area contributed by atoms with Gasteiger partial charge in [0.05, 0.1) is 5.69 Å². The van der Waals surface area contributed by atoms with Crippen LogP contribution in [0.15, 0.2) is 72.0 Å². The molecule has 0 saturated heterocycles. The third kappa shape index (κ3) is 5.73. The molecule has 0 N–H and O–H groups in total. The number of hydrogen-bond donors (Lipinski definition) is 0. The van der Waals surface area contributed by atoms with E-state index < -0.39 is 11.6 Å². The van der Waals surface area contributed by atoms with Crippen molar-refractivity contribution in [2.75, 3.05) is 0 Å². The van der Waals surface area contributed by atoms with E-state index in [1.54, 1.807) is 37.7 Å². The molecule has 0 radical (unpaired) electrons. The SMILES string of the molecule is CC(C)(C)OC(=O)C=Nc1ccccc1CCC(=O)c1nccn1-c1ccccc1.